The molecule has 0 spiro atoms. The minimum Gasteiger partial charge on any atom is -0.398 e. The summed E-state index contributed by atoms with van der Waals surface area (Å²) in [5, 5.41) is 3.22. The smallest absolute Gasteiger partial charge is 0.0433 e. The fourth-order valence-electron chi connectivity index (χ4n) is 2.54. The number of anilines is 2. The summed E-state index contributed by atoms with van der Waals surface area (Å²) < 4.78 is 2.49. The van der Waals surface area contributed by atoms with E-state index in [9.17, 15) is 0 Å². The first-order valence-electron chi connectivity index (χ1n) is 7.41. The fourth-order valence-corrected chi connectivity index (χ4v) is 3.40. The molecule has 1 aliphatic heterocycles. The zero-order valence-corrected chi connectivity index (χ0v) is 13.4. The molecular formula is C15H26N4S. The minimum atomic E-state index is 0.826. The molecule has 0 saturated carbocycles. The molecule has 5 heteroatoms. The summed E-state index contributed by atoms with van der Waals surface area (Å²) in [6, 6.07) is 6.24. The van der Waals surface area contributed by atoms with Gasteiger partial charge in [0.05, 0.1) is 0 Å². The second-order valence-corrected chi connectivity index (χ2v) is 6.31. The van der Waals surface area contributed by atoms with Crippen LogP contribution in [0.15, 0.2) is 18.2 Å². The first kappa shape index (κ1) is 15.5. The van der Waals surface area contributed by atoms with Gasteiger partial charge in [0.15, 0.2) is 0 Å². The third kappa shape index (κ3) is 3.81. The average molecular weight is 294 g/mol. The molecule has 20 heavy (non-hydrogen) atoms. The van der Waals surface area contributed by atoms with Gasteiger partial charge >= 0.3 is 0 Å². The Labute approximate surface area is 126 Å². The Balaban J connectivity index is 2.01. The van der Waals surface area contributed by atoms with Gasteiger partial charge in [-0.1, -0.05) is 24.9 Å². The van der Waals surface area contributed by atoms with Gasteiger partial charge in [-0.05, 0) is 25.6 Å². The Morgan fingerprint density at radius 2 is 2.00 bits per heavy atom. The summed E-state index contributed by atoms with van der Waals surface area (Å²) in [6.45, 7) is 7.47. The molecule has 1 aliphatic rings. The van der Waals surface area contributed by atoms with Gasteiger partial charge in [0.25, 0.3) is 0 Å². The molecule has 1 aromatic rings. The molecule has 4 nitrogen and oxygen atoms in total. The normalized spacial score (nSPS) is 16.6. The van der Waals surface area contributed by atoms with Crippen LogP contribution >= 0.6 is 11.9 Å². The van der Waals surface area contributed by atoms with E-state index in [1.807, 2.05) is 25.1 Å². The third-order valence-electron chi connectivity index (χ3n) is 3.60. The standard InChI is InChI=1S/C15H26N4S/c1-3-11-20-19-9-7-18(8-10-19)15-6-4-5-14(16)13(15)12-17-2/h4-6,17H,3,7-12,16H2,1-2H3. The van der Waals surface area contributed by atoms with Gasteiger partial charge in [0.2, 0.25) is 0 Å². The summed E-state index contributed by atoms with van der Waals surface area (Å²) in [5.74, 6) is 1.23. The van der Waals surface area contributed by atoms with Crippen molar-refractivity contribution in [2.75, 3.05) is 49.6 Å². The largest absolute Gasteiger partial charge is 0.398 e. The van der Waals surface area contributed by atoms with Crippen LogP contribution in [-0.4, -0.2) is 43.3 Å². The lowest BCUT2D eigenvalue weighted by Crippen LogP contribution is -2.44. The molecule has 3 N–H and O–H groups in total. The Hall–Kier alpha value is -0.910. The predicted octanol–water partition coefficient (Wildman–Crippen LogP) is 2.17. The average Bonchev–Trinajstić information content (AvgIpc) is 2.48. The number of rotatable bonds is 6. The van der Waals surface area contributed by atoms with Crippen molar-refractivity contribution >= 4 is 23.3 Å². The van der Waals surface area contributed by atoms with Gasteiger partial charge in [0.1, 0.15) is 0 Å². The predicted molar refractivity (Wildman–Crippen MR) is 90.2 cm³/mol. The molecule has 0 unspecified atom stereocenters. The molecule has 0 radical (unpaired) electrons. The maximum Gasteiger partial charge on any atom is 0.0433 e. The van der Waals surface area contributed by atoms with Gasteiger partial charge in [-0.15, -0.1) is 0 Å². The summed E-state index contributed by atoms with van der Waals surface area (Å²) in [7, 11) is 1.97. The van der Waals surface area contributed by atoms with E-state index in [1.165, 1.54) is 23.4 Å². The molecule has 0 aromatic heterocycles. The van der Waals surface area contributed by atoms with Gasteiger partial charge in [-0.3, -0.25) is 0 Å². The molecule has 1 fully saturated rings. The number of nitrogens with one attached hydrogen (secondary N) is 1. The molecule has 2 rings (SSSR count). The van der Waals surface area contributed by atoms with Crippen molar-refractivity contribution in [3.8, 4) is 0 Å². The van der Waals surface area contributed by atoms with E-state index in [2.05, 4.69) is 33.6 Å². The Morgan fingerprint density at radius 1 is 1.25 bits per heavy atom. The Bertz CT molecular complexity index is 416. The van der Waals surface area contributed by atoms with Crippen LogP contribution in [0.4, 0.5) is 11.4 Å². The van der Waals surface area contributed by atoms with E-state index in [1.54, 1.807) is 0 Å². The quantitative estimate of drug-likeness (QED) is 0.622. The van der Waals surface area contributed by atoms with Crippen LogP contribution in [0.25, 0.3) is 0 Å². The van der Waals surface area contributed by atoms with Crippen LogP contribution in [0.3, 0.4) is 0 Å². The van der Waals surface area contributed by atoms with Crippen LogP contribution in [-0.2, 0) is 6.54 Å². The SMILES string of the molecule is CCCSN1CCN(c2cccc(N)c2CNC)CC1. The summed E-state index contributed by atoms with van der Waals surface area (Å²) in [6.07, 6.45) is 1.24. The fraction of sp³-hybridized carbons (Fsp3) is 0.600. The van der Waals surface area contributed by atoms with Crippen molar-refractivity contribution < 1.29 is 0 Å². The first-order chi connectivity index (χ1) is 9.76. The van der Waals surface area contributed by atoms with Crippen molar-refractivity contribution in [1.82, 2.24) is 9.62 Å². The maximum absolute atomic E-state index is 6.13. The number of nitrogens with zero attached hydrogens (tertiary/aromatic N) is 2. The van der Waals surface area contributed by atoms with Crippen molar-refractivity contribution in [2.24, 2.45) is 0 Å². The van der Waals surface area contributed by atoms with Gasteiger partial charge < -0.3 is 16.0 Å². The highest BCUT2D eigenvalue weighted by Gasteiger charge is 2.19. The highest BCUT2D eigenvalue weighted by molar-refractivity contribution is 7.97. The van der Waals surface area contributed by atoms with Crippen molar-refractivity contribution in [1.29, 1.82) is 0 Å². The Kier molecular flexibility index (Phi) is 6.01. The topological polar surface area (TPSA) is 44.5 Å². The van der Waals surface area contributed by atoms with Gasteiger partial charge in [-0.2, -0.15) is 0 Å². The molecule has 0 bridgehead atoms. The molecule has 1 heterocycles. The summed E-state index contributed by atoms with van der Waals surface area (Å²) in [4.78, 5) is 2.46. The van der Waals surface area contributed by atoms with Crippen LogP contribution in [0, 0.1) is 0 Å². The highest BCUT2D eigenvalue weighted by Crippen LogP contribution is 2.27. The molecule has 0 atom stereocenters. The molecule has 0 amide bonds. The van der Waals surface area contributed by atoms with Crippen LogP contribution in [0.2, 0.25) is 0 Å². The summed E-state index contributed by atoms with van der Waals surface area (Å²) in [5.41, 5.74) is 9.53. The van der Waals surface area contributed by atoms with E-state index in [0.29, 0.717) is 0 Å². The Morgan fingerprint density at radius 3 is 2.65 bits per heavy atom. The zero-order chi connectivity index (χ0) is 14.4. The number of nitrogens with two attached hydrogens (primary N) is 1. The number of hydrogen-bond donors (Lipinski definition) is 2. The molecule has 1 aromatic carbocycles. The summed E-state index contributed by atoms with van der Waals surface area (Å²) >= 11 is 1.98. The van der Waals surface area contributed by atoms with Crippen molar-refractivity contribution in [3.05, 3.63) is 23.8 Å². The van der Waals surface area contributed by atoms with Gasteiger partial charge in [0, 0.05) is 55.4 Å². The number of piperazine rings is 1. The van der Waals surface area contributed by atoms with E-state index >= 15 is 0 Å². The van der Waals surface area contributed by atoms with Crippen LogP contribution in [0.1, 0.15) is 18.9 Å². The number of benzene rings is 1. The monoisotopic (exact) mass is 294 g/mol. The molecular weight excluding hydrogens is 268 g/mol. The lowest BCUT2D eigenvalue weighted by Gasteiger charge is -2.36. The van der Waals surface area contributed by atoms with E-state index in [-0.39, 0.29) is 0 Å². The molecule has 0 aliphatic carbocycles. The zero-order valence-electron chi connectivity index (χ0n) is 12.6. The first-order valence-corrected chi connectivity index (χ1v) is 8.35. The third-order valence-corrected chi connectivity index (χ3v) is 4.92. The lowest BCUT2D eigenvalue weighted by molar-refractivity contribution is 0.429. The van der Waals surface area contributed by atoms with E-state index < -0.39 is 0 Å². The number of hydrogen-bond acceptors (Lipinski definition) is 5. The maximum atomic E-state index is 6.13. The second-order valence-electron chi connectivity index (χ2n) is 5.12. The van der Waals surface area contributed by atoms with Crippen LogP contribution < -0.4 is 16.0 Å². The number of nitrogen functional groups attached to an aromatic ring is 1. The molecule has 1 saturated heterocycles. The van der Waals surface area contributed by atoms with Crippen molar-refractivity contribution in [2.45, 2.75) is 19.9 Å². The van der Waals surface area contributed by atoms with Crippen LogP contribution in [0.5, 0.6) is 0 Å². The molecule has 112 valence electrons. The van der Waals surface area contributed by atoms with E-state index in [4.69, 9.17) is 5.73 Å². The second kappa shape index (κ2) is 7.76. The van der Waals surface area contributed by atoms with Gasteiger partial charge in [-0.25, -0.2) is 4.31 Å². The minimum absolute atomic E-state index is 0.826. The highest BCUT2D eigenvalue weighted by atomic mass is 32.2. The lowest BCUT2D eigenvalue weighted by atomic mass is 10.1. The van der Waals surface area contributed by atoms with Crippen molar-refractivity contribution in [3.63, 3.8) is 0 Å². The van der Waals surface area contributed by atoms with E-state index in [0.717, 1.165) is 38.4 Å².